The topological polar surface area (TPSA) is 25.4 Å². The third kappa shape index (κ3) is 3.71. The summed E-state index contributed by atoms with van der Waals surface area (Å²) in [6, 6.07) is 4.34. The van der Waals surface area contributed by atoms with Crippen molar-refractivity contribution in [3.8, 4) is 0 Å². The SMILES string of the molecule is CCN(C)Cc1nc(C(C)S)ccc1[C@@H]1CCOC1. The number of aromatic nitrogens is 1. The average molecular weight is 280 g/mol. The van der Waals surface area contributed by atoms with Crippen LogP contribution in [0.15, 0.2) is 12.1 Å². The number of pyridine rings is 1. The van der Waals surface area contributed by atoms with Crippen LogP contribution in [0, 0.1) is 0 Å². The minimum absolute atomic E-state index is 0.180. The monoisotopic (exact) mass is 280 g/mol. The molecule has 1 saturated heterocycles. The van der Waals surface area contributed by atoms with Crippen LogP contribution < -0.4 is 0 Å². The molecule has 1 aliphatic rings. The van der Waals surface area contributed by atoms with Crippen LogP contribution in [0.5, 0.6) is 0 Å². The van der Waals surface area contributed by atoms with Crippen molar-refractivity contribution in [2.45, 2.75) is 38.0 Å². The third-order valence-electron chi connectivity index (χ3n) is 3.79. The second kappa shape index (κ2) is 6.73. The van der Waals surface area contributed by atoms with Crippen LogP contribution in [-0.4, -0.2) is 36.7 Å². The largest absolute Gasteiger partial charge is 0.381 e. The van der Waals surface area contributed by atoms with E-state index in [9.17, 15) is 0 Å². The molecule has 0 bridgehead atoms. The molecule has 0 amide bonds. The van der Waals surface area contributed by atoms with E-state index in [2.05, 4.69) is 50.6 Å². The molecule has 4 heteroatoms. The predicted octanol–water partition coefficient (Wildman–Crippen LogP) is 3.03. The summed E-state index contributed by atoms with van der Waals surface area (Å²) in [5.41, 5.74) is 3.61. The molecule has 0 aliphatic carbocycles. The Bertz CT molecular complexity index is 417. The van der Waals surface area contributed by atoms with Gasteiger partial charge in [-0.1, -0.05) is 13.0 Å². The summed E-state index contributed by atoms with van der Waals surface area (Å²) in [6.07, 6.45) is 1.11. The van der Waals surface area contributed by atoms with Gasteiger partial charge in [0.2, 0.25) is 0 Å². The number of nitrogens with zero attached hydrogens (tertiary/aromatic N) is 2. The molecule has 1 aromatic rings. The molecule has 1 fully saturated rings. The molecule has 2 rings (SSSR count). The first-order valence-electron chi connectivity index (χ1n) is 7.05. The Kier molecular flexibility index (Phi) is 5.25. The van der Waals surface area contributed by atoms with Gasteiger partial charge in [-0.15, -0.1) is 0 Å². The molecule has 3 nitrogen and oxygen atoms in total. The molecule has 1 unspecified atom stereocenters. The molecule has 0 aromatic carbocycles. The van der Waals surface area contributed by atoms with Crippen LogP contribution in [0.1, 0.15) is 48.4 Å². The van der Waals surface area contributed by atoms with Crippen molar-refractivity contribution in [1.29, 1.82) is 0 Å². The second-order valence-electron chi connectivity index (χ2n) is 5.34. The lowest BCUT2D eigenvalue weighted by molar-refractivity contribution is 0.193. The maximum atomic E-state index is 5.52. The number of hydrogen-bond acceptors (Lipinski definition) is 4. The lowest BCUT2D eigenvalue weighted by Gasteiger charge is -2.20. The van der Waals surface area contributed by atoms with Gasteiger partial charge in [0.1, 0.15) is 0 Å². The molecule has 0 radical (unpaired) electrons. The fraction of sp³-hybridized carbons (Fsp3) is 0.667. The molecular weight excluding hydrogens is 256 g/mol. The Morgan fingerprint density at radius 2 is 2.32 bits per heavy atom. The summed E-state index contributed by atoms with van der Waals surface area (Å²) in [5, 5.41) is 0.180. The van der Waals surface area contributed by atoms with E-state index in [0.29, 0.717) is 5.92 Å². The summed E-state index contributed by atoms with van der Waals surface area (Å²) in [7, 11) is 2.13. The van der Waals surface area contributed by atoms with Crippen LogP contribution >= 0.6 is 12.6 Å². The zero-order valence-electron chi connectivity index (χ0n) is 12.1. The summed E-state index contributed by atoms with van der Waals surface area (Å²) >= 11 is 4.49. The van der Waals surface area contributed by atoms with E-state index >= 15 is 0 Å². The van der Waals surface area contributed by atoms with Crippen molar-refractivity contribution in [2.24, 2.45) is 0 Å². The van der Waals surface area contributed by atoms with Gasteiger partial charge in [-0.25, -0.2) is 0 Å². The minimum atomic E-state index is 0.180. The van der Waals surface area contributed by atoms with E-state index in [1.54, 1.807) is 0 Å². The van der Waals surface area contributed by atoms with Gasteiger partial charge in [0, 0.05) is 24.3 Å². The van der Waals surface area contributed by atoms with Gasteiger partial charge in [0.25, 0.3) is 0 Å². The summed E-state index contributed by atoms with van der Waals surface area (Å²) in [6.45, 7) is 7.87. The highest BCUT2D eigenvalue weighted by atomic mass is 32.1. The van der Waals surface area contributed by atoms with E-state index in [4.69, 9.17) is 9.72 Å². The van der Waals surface area contributed by atoms with Crippen molar-refractivity contribution in [2.75, 3.05) is 26.8 Å². The van der Waals surface area contributed by atoms with Crippen molar-refractivity contribution >= 4 is 12.6 Å². The summed E-state index contributed by atoms with van der Waals surface area (Å²) < 4.78 is 5.52. The minimum Gasteiger partial charge on any atom is -0.381 e. The van der Waals surface area contributed by atoms with Crippen LogP contribution in [0.3, 0.4) is 0 Å². The van der Waals surface area contributed by atoms with Gasteiger partial charge >= 0.3 is 0 Å². The Balaban J connectivity index is 2.29. The van der Waals surface area contributed by atoms with Crippen LogP contribution in [0.2, 0.25) is 0 Å². The predicted molar refractivity (Wildman–Crippen MR) is 81.8 cm³/mol. The Labute approximate surface area is 121 Å². The zero-order chi connectivity index (χ0) is 13.8. The van der Waals surface area contributed by atoms with Gasteiger partial charge in [0.05, 0.1) is 18.0 Å². The van der Waals surface area contributed by atoms with E-state index in [-0.39, 0.29) is 5.25 Å². The molecule has 1 aliphatic heterocycles. The van der Waals surface area contributed by atoms with Crippen molar-refractivity contribution in [1.82, 2.24) is 9.88 Å². The molecule has 0 saturated carbocycles. The molecule has 0 N–H and O–H groups in total. The highest BCUT2D eigenvalue weighted by Gasteiger charge is 2.22. The summed E-state index contributed by atoms with van der Waals surface area (Å²) in [5.74, 6) is 0.511. The summed E-state index contributed by atoms with van der Waals surface area (Å²) in [4.78, 5) is 7.12. The average Bonchev–Trinajstić information content (AvgIpc) is 2.92. The number of rotatable bonds is 5. The maximum absolute atomic E-state index is 5.52. The first-order chi connectivity index (χ1) is 9.11. The van der Waals surface area contributed by atoms with Crippen LogP contribution in [0.25, 0.3) is 0 Å². The molecule has 19 heavy (non-hydrogen) atoms. The fourth-order valence-corrected chi connectivity index (χ4v) is 2.55. The molecule has 2 atom stereocenters. The molecule has 106 valence electrons. The van der Waals surface area contributed by atoms with Gasteiger partial charge in [-0.3, -0.25) is 4.98 Å². The van der Waals surface area contributed by atoms with Gasteiger partial charge in [-0.2, -0.15) is 12.6 Å². The van der Waals surface area contributed by atoms with Crippen LogP contribution in [-0.2, 0) is 11.3 Å². The zero-order valence-corrected chi connectivity index (χ0v) is 13.0. The Hall–Kier alpha value is -0.580. The van der Waals surface area contributed by atoms with Crippen molar-refractivity contribution in [3.63, 3.8) is 0 Å². The highest BCUT2D eigenvalue weighted by molar-refractivity contribution is 7.80. The Morgan fingerprint density at radius 1 is 1.53 bits per heavy atom. The normalized spacial score (nSPS) is 21.0. The van der Waals surface area contributed by atoms with E-state index in [1.807, 2.05) is 0 Å². The number of hydrogen-bond donors (Lipinski definition) is 1. The second-order valence-corrected chi connectivity index (χ2v) is 6.11. The third-order valence-corrected chi connectivity index (χ3v) is 4.05. The van der Waals surface area contributed by atoms with Crippen molar-refractivity contribution in [3.05, 3.63) is 29.1 Å². The standard InChI is InChI=1S/C15H24N2OS/c1-4-17(3)9-15-13(12-7-8-18-10-12)5-6-14(16-15)11(2)19/h5-6,11-12,19H,4,7-10H2,1-3H3/t11?,12-/m1/s1. The maximum Gasteiger partial charge on any atom is 0.0583 e. The van der Waals surface area contributed by atoms with Crippen LogP contribution in [0.4, 0.5) is 0 Å². The molecule has 2 heterocycles. The van der Waals surface area contributed by atoms with Gasteiger partial charge in [0.15, 0.2) is 0 Å². The van der Waals surface area contributed by atoms with E-state index in [0.717, 1.165) is 38.4 Å². The molecule has 0 spiro atoms. The van der Waals surface area contributed by atoms with E-state index in [1.165, 1.54) is 11.3 Å². The lowest BCUT2D eigenvalue weighted by atomic mass is 9.96. The first-order valence-corrected chi connectivity index (χ1v) is 7.57. The first kappa shape index (κ1) is 14.8. The Morgan fingerprint density at radius 3 is 2.89 bits per heavy atom. The van der Waals surface area contributed by atoms with Gasteiger partial charge < -0.3 is 9.64 Å². The highest BCUT2D eigenvalue weighted by Crippen LogP contribution is 2.29. The quantitative estimate of drug-likeness (QED) is 0.839. The van der Waals surface area contributed by atoms with Crippen molar-refractivity contribution < 1.29 is 4.74 Å². The fourth-order valence-electron chi connectivity index (χ4n) is 2.41. The number of ether oxygens (including phenoxy) is 1. The lowest BCUT2D eigenvalue weighted by Crippen LogP contribution is -2.20. The number of thiol groups is 1. The van der Waals surface area contributed by atoms with E-state index < -0.39 is 0 Å². The molecular formula is C15H24N2OS. The van der Waals surface area contributed by atoms with Gasteiger partial charge in [-0.05, 0) is 38.6 Å². The smallest absolute Gasteiger partial charge is 0.0583 e. The molecule has 1 aromatic heterocycles.